The maximum Gasteiger partial charge on any atom is 0.338 e. The summed E-state index contributed by atoms with van der Waals surface area (Å²) in [6.45, 7) is 3.63. The highest BCUT2D eigenvalue weighted by Gasteiger charge is 2.11. The summed E-state index contributed by atoms with van der Waals surface area (Å²) in [6.07, 6.45) is 0. The average Bonchev–Trinajstić information content (AvgIpc) is 2.75. The van der Waals surface area contributed by atoms with Crippen LogP contribution in [-0.2, 0) is 11.3 Å². The molecule has 2 N–H and O–H groups in total. The van der Waals surface area contributed by atoms with Crippen molar-refractivity contribution in [3.63, 3.8) is 0 Å². The highest BCUT2D eigenvalue weighted by Crippen LogP contribution is 2.14. The topological polar surface area (TPSA) is 91.2 Å². The van der Waals surface area contributed by atoms with E-state index in [1.54, 1.807) is 25.1 Å². The quantitative estimate of drug-likeness (QED) is 0.654. The predicted molar refractivity (Wildman–Crippen MR) is 63.7 cm³/mol. The number of rotatable bonds is 3. The molecule has 0 aliphatic rings. The van der Waals surface area contributed by atoms with Crippen molar-refractivity contribution in [1.29, 1.82) is 0 Å². The molecule has 2 rings (SSSR count). The van der Waals surface area contributed by atoms with Gasteiger partial charge >= 0.3 is 5.97 Å². The zero-order chi connectivity index (χ0) is 13.1. The smallest absolute Gasteiger partial charge is 0.338 e. The number of aryl methyl sites for hydroxylation is 2. The molecule has 0 unspecified atom stereocenters. The van der Waals surface area contributed by atoms with Crippen LogP contribution in [0.4, 0.5) is 5.69 Å². The van der Waals surface area contributed by atoms with Crippen molar-refractivity contribution < 1.29 is 14.2 Å². The molecule has 94 valence electrons. The first kappa shape index (κ1) is 12.1. The first-order chi connectivity index (χ1) is 8.58. The van der Waals surface area contributed by atoms with Crippen molar-refractivity contribution in [3.8, 4) is 0 Å². The first-order valence-corrected chi connectivity index (χ1v) is 5.39. The van der Waals surface area contributed by atoms with Crippen molar-refractivity contribution >= 4 is 11.7 Å². The Morgan fingerprint density at radius 1 is 1.39 bits per heavy atom. The summed E-state index contributed by atoms with van der Waals surface area (Å²) >= 11 is 0. The van der Waals surface area contributed by atoms with Crippen LogP contribution in [0.3, 0.4) is 0 Å². The van der Waals surface area contributed by atoms with E-state index in [0.29, 0.717) is 22.6 Å². The van der Waals surface area contributed by atoms with Crippen LogP contribution in [-0.4, -0.2) is 16.3 Å². The van der Waals surface area contributed by atoms with Crippen molar-refractivity contribution in [2.24, 2.45) is 0 Å². The van der Waals surface area contributed by atoms with Gasteiger partial charge in [0.2, 0.25) is 0 Å². The summed E-state index contributed by atoms with van der Waals surface area (Å²) in [6, 6.07) is 5.03. The van der Waals surface area contributed by atoms with E-state index in [1.807, 2.05) is 6.92 Å². The van der Waals surface area contributed by atoms with Crippen LogP contribution in [0.25, 0.3) is 0 Å². The molecule has 0 amide bonds. The third-order valence-corrected chi connectivity index (χ3v) is 2.60. The lowest BCUT2D eigenvalue weighted by Crippen LogP contribution is -2.07. The van der Waals surface area contributed by atoms with Gasteiger partial charge in [0.05, 0.1) is 5.56 Å². The van der Waals surface area contributed by atoms with Gasteiger partial charge in [-0.3, -0.25) is 0 Å². The minimum Gasteiger partial charge on any atom is -0.455 e. The average molecular weight is 247 g/mol. The Morgan fingerprint density at radius 3 is 2.78 bits per heavy atom. The monoisotopic (exact) mass is 247 g/mol. The van der Waals surface area contributed by atoms with Crippen molar-refractivity contribution in [2.75, 3.05) is 5.73 Å². The summed E-state index contributed by atoms with van der Waals surface area (Å²) in [5, 5.41) is 7.22. The SMILES string of the molecule is Cc1ccc(C(=O)OCc2nonc2C)cc1N. The number of hydrogen-bond acceptors (Lipinski definition) is 6. The number of nitrogens with zero attached hydrogens (tertiary/aromatic N) is 2. The highest BCUT2D eigenvalue weighted by atomic mass is 16.6. The van der Waals surface area contributed by atoms with Crippen molar-refractivity contribution in [3.05, 3.63) is 40.7 Å². The number of hydrogen-bond donors (Lipinski definition) is 1. The van der Waals surface area contributed by atoms with E-state index in [0.717, 1.165) is 5.56 Å². The molecule has 1 heterocycles. The molecular formula is C12H13N3O3. The number of esters is 1. The molecule has 0 saturated carbocycles. The number of anilines is 1. The molecule has 0 aliphatic carbocycles. The third-order valence-electron chi connectivity index (χ3n) is 2.60. The number of aromatic nitrogens is 2. The first-order valence-electron chi connectivity index (χ1n) is 5.39. The second-order valence-electron chi connectivity index (χ2n) is 3.94. The Hall–Kier alpha value is -2.37. The van der Waals surface area contributed by atoms with Crippen LogP contribution in [0.5, 0.6) is 0 Å². The van der Waals surface area contributed by atoms with Gasteiger partial charge in [-0.2, -0.15) is 0 Å². The number of carbonyl (C=O) groups is 1. The number of carbonyl (C=O) groups excluding carboxylic acids is 1. The fraction of sp³-hybridized carbons (Fsp3) is 0.250. The second-order valence-corrected chi connectivity index (χ2v) is 3.94. The zero-order valence-corrected chi connectivity index (χ0v) is 10.1. The van der Waals surface area contributed by atoms with Gasteiger partial charge in [-0.25, -0.2) is 9.42 Å². The lowest BCUT2D eigenvalue weighted by molar-refractivity contribution is 0.0463. The Kier molecular flexibility index (Phi) is 3.27. The van der Waals surface area contributed by atoms with Crippen molar-refractivity contribution in [1.82, 2.24) is 10.3 Å². The Balaban J connectivity index is 2.04. The molecule has 6 heteroatoms. The summed E-state index contributed by atoms with van der Waals surface area (Å²) in [5.41, 5.74) is 8.72. The molecule has 1 aromatic carbocycles. The molecule has 6 nitrogen and oxygen atoms in total. The lowest BCUT2D eigenvalue weighted by atomic mass is 10.1. The van der Waals surface area contributed by atoms with E-state index in [4.69, 9.17) is 10.5 Å². The Labute approximate surface area is 104 Å². The summed E-state index contributed by atoms with van der Waals surface area (Å²) in [5.74, 6) is -0.455. The van der Waals surface area contributed by atoms with E-state index >= 15 is 0 Å². The molecule has 0 spiro atoms. The number of nitrogen functional groups attached to an aromatic ring is 1. The summed E-state index contributed by atoms with van der Waals surface area (Å²) in [7, 11) is 0. The van der Waals surface area contributed by atoms with Crippen LogP contribution in [0.2, 0.25) is 0 Å². The van der Waals surface area contributed by atoms with E-state index in [9.17, 15) is 4.79 Å². The van der Waals surface area contributed by atoms with Gasteiger partial charge in [0.1, 0.15) is 18.0 Å². The molecule has 18 heavy (non-hydrogen) atoms. The summed E-state index contributed by atoms with van der Waals surface area (Å²) < 4.78 is 9.60. The van der Waals surface area contributed by atoms with Crippen molar-refractivity contribution in [2.45, 2.75) is 20.5 Å². The maximum atomic E-state index is 11.8. The predicted octanol–water partition coefficient (Wildman–Crippen LogP) is 1.63. The largest absolute Gasteiger partial charge is 0.455 e. The molecule has 0 fully saturated rings. The van der Waals surface area contributed by atoms with Crippen LogP contribution < -0.4 is 5.73 Å². The van der Waals surface area contributed by atoms with E-state index in [2.05, 4.69) is 14.9 Å². The van der Waals surface area contributed by atoms with Gasteiger partial charge in [0.25, 0.3) is 0 Å². The molecule has 0 aliphatic heterocycles. The zero-order valence-electron chi connectivity index (χ0n) is 10.1. The minimum absolute atomic E-state index is 0.0297. The number of benzene rings is 1. The third kappa shape index (κ3) is 2.48. The van der Waals surface area contributed by atoms with Gasteiger partial charge in [0, 0.05) is 5.69 Å². The molecule has 0 saturated heterocycles. The Bertz CT molecular complexity index is 578. The number of nitrogens with two attached hydrogens (primary N) is 1. The normalized spacial score (nSPS) is 10.3. The van der Waals surface area contributed by atoms with Crippen LogP contribution in [0.15, 0.2) is 22.8 Å². The van der Waals surface area contributed by atoms with Gasteiger partial charge in [0.15, 0.2) is 0 Å². The molecule has 0 bridgehead atoms. The Morgan fingerprint density at radius 2 is 2.17 bits per heavy atom. The molecule has 1 aromatic heterocycles. The van der Waals surface area contributed by atoms with Gasteiger partial charge in [-0.05, 0) is 31.5 Å². The minimum atomic E-state index is -0.455. The second kappa shape index (κ2) is 4.87. The number of ether oxygens (including phenoxy) is 1. The standard InChI is InChI=1S/C12H13N3O3/c1-7-3-4-9(5-10(7)13)12(16)17-6-11-8(2)14-18-15-11/h3-5H,6,13H2,1-2H3. The van der Waals surface area contributed by atoms with E-state index < -0.39 is 5.97 Å². The molecule has 2 aromatic rings. The van der Waals surface area contributed by atoms with Gasteiger partial charge < -0.3 is 10.5 Å². The van der Waals surface area contributed by atoms with Crippen LogP contribution in [0, 0.1) is 13.8 Å². The molecule has 0 radical (unpaired) electrons. The van der Waals surface area contributed by atoms with E-state index in [1.165, 1.54) is 0 Å². The van der Waals surface area contributed by atoms with Crippen LogP contribution >= 0.6 is 0 Å². The fourth-order valence-electron chi connectivity index (χ4n) is 1.37. The van der Waals surface area contributed by atoms with Crippen LogP contribution in [0.1, 0.15) is 27.3 Å². The highest BCUT2D eigenvalue weighted by molar-refractivity contribution is 5.90. The molecule has 0 atom stereocenters. The fourth-order valence-corrected chi connectivity index (χ4v) is 1.37. The maximum absolute atomic E-state index is 11.8. The van der Waals surface area contributed by atoms with Gasteiger partial charge in [-0.1, -0.05) is 16.4 Å². The summed E-state index contributed by atoms with van der Waals surface area (Å²) in [4.78, 5) is 11.8. The molecular weight excluding hydrogens is 234 g/mol. The van der Waals surface area contributed by atoms with E-state index in [-0.39, 0.29) is 6.61 Å². The van der Waals surface area contributed by atoms with Gasteiger partial charge in [-0.15, -0.1) is 0 Å². The lowest BCUT2D eigenvalue weighted by Gasteiger charge is -2.05.